The quantitative estimate of drug-likeness (QED) is 0.470. The Hall–Kier alpha value is -2.56. The average Bonchev–Trinajstić information content (AvgIpc) is 2.71. The highest BCUT2D eigenvalue weighted by Crippen LogP contribution is 2.26. The maximum Gasteiger partial charge on any atom is 0.269 e. The second kappa shape index (κ2) is 9.09. The first-order chi connectivity index (χ1) is 13.5. The van der Waals surface area contributed by atoms with Crippen molar-refractivity contribution in [1.29, 1.82) is 0 Å². The minimum Gasteiger partial charge on any atom is -0.462 e. The minimum atomic E-state index is -1.50. The highest BCUT2D eigenvalue weighted by Gasteiger charge is 2.45. The Morgan fingerprint density at radius 3 is 2.29 bits per heavy atom. The zero-order chi connectivity index (χ0) is 20.1. The summed E-state index contributed by atoms with van der Waals surface area (Å²) in [6, 6.07) is 14.6. The van der Waals surface area contributed by atoms with Crippen molar-refractivity contribution in [2.24, 2.45) is 0 Å². The molecule has 3 N–H and O–H groups in total. The van der Waals surface area contributed by atoms with Crippen LogP contribution in [0.2, 0.25) is 0 Å². The Kier molecular flexibility index (Phi) is 6.55. The number of ether oxygens (including phenoxy) is 3. The van der Waals surface area contributed by atoms with Gasteiger partial charge in [-0.15, -0.1) is 0 Å². The molecule has 1 aliphatic heterocycles. The molecule has 9 nitrogen and oxygen atoms in total. The summed E-state index contributed by atoms with van der Waals surface area (Å²) in [5.74, 6) is 0.210. The number of nitro groups is 1. The molecule has 0 aliphatic carbocycles. The van der Waals surface area contributed by atoms with Crippen LogP contribution >= 0.6 is 0 Å². The summed E-state index contributed by atoms with van der Waals surface area (Å²) in [5, 5.41) is 41.1. The lowest BCUT2D eigenvalue weighted by atomic mass is 9.99. The molecule has 3 rings (SSSR count). The van der Waals surface area contributed by atoms with Gasteiger partial charge in [-0.05, 0) is 17.7 Å². The van der Waals surface area contributed by atoms with Crippen molar-refractivity contribution in [2.75, 3.05) is 6.61 Å². The molecule has 28 heavy (non-hydrogen) atoms. The lowest BCUT2D eigenvalue weighted by molar-refractivity contribution is -0.384. The zero-order valence-electron chi connectivity index (χ0n) is 14.8. The van der Waals surface area contributed by atoms with E-state index in [1.165, 1.54) is 24.3 Å². The third-order valence-electron chi connectivity index (χ3n) is 4.36. The number of non-ortho nitro benzene ring substituents is 1. The van der Waals surface area contributed by atoms with Gasteiger partial charge < -0.3 is 29.5 Å². The molecule has 1 heterocycles. The van der Waals surface area contributed by atoms with Crippen molar-refractivity contribution in [3.63, 3.8) is 0 Å². The molecule has 0 amide bonds. The van der Waals surface area contributed by atoms with E-state index in [0.29, 0.717) is 6.61 Å². The molecular formula is C19H21NO8. The normalized spacial score (nSPS) is 27.3. The summed E-state index contributed by atoms with van der Waals surface area (Å²) in [6.07, 6.45) is -6.56. The fourth-order valence-corrected chi connectivity index (χ4v) is 2.80. The van der Waals surface area contributed by atoms with Crippen LogP contribution in [0.5, 0.6) is 5.75 Å². The number of hydrogen-bond acceptors (Lipinski definition) is 8. The predicted molar refractivity (Wildman–Crippen MR) is 96.5 cm³/mol. The summed E-state index contributed by atoms with van der Waals surface area (Å²) in [5.41, 5.74) is 0.826. The number of nitro benzene ring substituents is 1. The molecule has 5 atom stereocenters. The average molecular weight is 391 g/mol. The van der Waals surface area contributed by atoms with Gasteiger partial charge in [0.25, 0.3) is 5.69 Å². The molecular weight excluding hydrogens is 370 g/mol. The highest BCUT2D eigenvalue weighted by molar-refractivity contribution is 5.36. The molecule has 0 aromatic heterocycles. The van der Waals surface area contributed by atoms with Gasteiger partial charge in [-0.25, -0.2) is 0 Å². The summed E-state index contributed by atoms with van der Waals surface area (Å²) >= 11 is 0. The van der Waals surface area contributed by atoms with Gasteiger partial charge >= 0.3 is 0 Å². The molecule has 9 heteroatoms. The van der Waals surface area contributed by atoms with Crippen LogP contribution in [0.1, 0.15) is 5.56 Å². The molecule has 1 fully saturated rings. The van der Waals surface area contributed by atoms with Crippen molar-refractivity contribution >= 4 is 5.69 Å². The van der Waals surface area contributed by atoms with Crippen LogP contribution in [0.4, 0.5) is 5.69 Å². The standard InChI is InChI=1S/C19H21NO8/c21-16-15(11-26-10-12-4-2-1-3-5-12)28-19(18(23)17(16)22)27-14-8-6-13(7-9-14)20(24)25/h1-9,15-19,21-23H,10-11H2/t15-,16-,17+,18-,19-/m1/s1. The van der Waals surface area contributed by atoms with Crippen molar-refractivity contribution in [2.45, 2.75) is 37.3 Å². The predicted octanol–water partition coefficient (Wildman–Crippen LogP) is 0.998. The van der Waals surface area contributed by atoms with Crippen LogP contribution in [0.3, 0.4) is 0 Å². The van der Waals surface area contributed by atoms with Crippen LogP contribution in [-0.4, -0.2) is 57.6 Å². The van der Waals surface area contributed by atoms with Gasteiger partial charge in [0.1, 0.15) is 30.2 Å². The van der Waals surface area contributed by atoms with E-state index in [9.17, 15) is 25.4 Å². The number of aliphatic hydroxyl groups is 3. The van der Waals surface area contributed by atoms with E-state index in [-0.39, 0.29) is 18.0 Å². The van der Waals surface area contributed by atoms with E-state index in [1.807, 2.05) is 30.3 Å². The second-order valence-corrected chi connectivity index (χ2v) is 6.38. The fourth-order valence-electron chi connectivity index (χ4n) is 2.80. The Morgan fingerprint density at radius 1 is 0.964 bits per heavy atom. The van der Waals surface area contributed by atoms with E-state index in [0.717, 1.165) is 5.56 Å². The Bertz CT molecular complexity index is 769. The lowest BCUT2D eigenvalue weighted by Crippen LogP contribution is -2.60. The lowest BCUT2D eigenvalue weighted by Gasteiger charge is -2.40. The summed E-state index contributed by atoms with van der Waals surface area (Å²) in [4.78, 5) is 10.2. The van der Waals surface area contributed by atoms with Gasteiger partial charge in [0.2, 0.25) is 6.29 Å². The van der Waals surface area contributed by atoms with Gasteiger partial charge in [-0.3, -0.25) is 10.1 Å². The molecule has 2 aromatic rings. The molecule has 0 bridgehead atoms. The van der Waals surface area contributed by atoms with Crippen LogP contribution < -0.4 is 4.74 Å². The Morgan fingerprint density at radius 2 is 1.64 bits per heavy atom. The van der Waals surface area contributed by atoms with Gasteiger partial charge in [0.05, 0.1) is 18.1 Å². The molecule has 0 radical (unpaired) electrons. The van der Waals surface area contributed by atoms with E-state index < -0.39 is 35.6 Å². The first-order valence-electron chi connectivity index (χ1n) is 8.68. The Balaban J connectivity index is 1.60. The van der Waals surface area contributed by atoms with Crippen molar-refractivity contribution in [3.05, 3.63) is 70.3 Å². The highest BCUT2D eigenvalue weighted by atomic mass is 16.7. The largest absolute Gasteiger partial charge is 0.462 e. The van der Waals surface area contributed by atoms with Crippen LogP contribution in [0.15, 0.2) is 54.6 Å². The van der Waals surface area contributed by atoms with Gasteiger partial charge in [0, 0.05) is 12.1 Å². The maximum absolute atomic E-state index is 10.7. The molecule has 0 spiro atoms. The zero-order valence-corrected chi connectivity index (χ0v) is 14.8. The van der Waals surface area contributed by atoms with Crippen molar-refractivity contribution in [3.8, 4) is 5.75 Å². The molecule has 1 aliphatic rings. The summed E-state index contributed by atoms with van der Waals surface area (Å²) in [6.45, 7) is 0.264. The summed E-state index contributed by atoms with van der Waals surface area (Å²) < 4.78 is 16.6. The Labute approximate surface area is 160 Å². The molecule has 0 saturated carbocycles. The van der Waals surface area contributed by atoms with Crippen LogP contribution in [0, 0.1) is 10.1 Å². The summed E-state index contributed by atoms with van der Waals surface area (Å²) in [7, 11) is 0. The maximum atomic E-state index is 10.7. The first-order valence-corrected chi connectivity index (χ1v) is 8.68. The van der Waals surface area contributed by atoms with Crippen molar-refractivity contribution < 1.29 is 34.5 Å². The number of nitrogens with zero attached hydrogens (tertiary/aromatic N) is 1. The minimum absolute atomic E-state index is 0.0278. The molecule has 2 aromatic carbocycles. The third-order valence-corrected chi connectivity index (χ3v) is 4.36. The SMILES string of the molecule is O=[N+]([O-])c1ccc(O[C@@H]2O[C@H](COCc3ccccc3)[C@@H](O)[C@H](O)[C@H]2O)cc1. The topological polar surface area (TPSA) is 132 Å². The number of aliphatic hydroxyl groups excluding tert-OH is 3. The third kappa shape index (κ3) is 4.83. The number of hydrogen-bond donors (Lipinski definition) is 3. The van der Waals surface area contributed by atoms with Crippen LogP contribution in [0.25, 0.3) is 0 Å². The smallest absolute Gasteiger partial charge is 0.269 e. The fraction of sp³-hybridized carbons (Fsp3) is 0.368. The monoisotopic (exact) mass is 391 g/mol. The van der Waals surface area contributed by atoms with Gasteiger partial charge in [-0.2, -0.15) is 0 Å². The van der Waals surface area contributed by atoms with E-state index in [2.05, 4.69) is 0 Å². The van der Waals surface area contributed by atoms with E-state index in [1.54, 1.807) is 0 Å². The first kappa shape index (κ1) is 20.2. The van der Waals surface area contributed by atoms with E-state index >= 15 is 0 Å². The number of rotatable bonds is 7. The molecule has 0 unspecified atom stereocenters. The molecule has 150 valence electrons. The van der Waals surface area contributed by atoms with Gasteiger partial charge in [-0.1, -0.05) is 30.3 Å². The number of benzene rings is 2. The van der Waals surface area contributed by atoms with Crippen LogP contribution in [-0.2, 0) is 16.1 Å². The second-order valence-electron chi connectivity index (χ2n) is 6.38. The van der Waals surface area contributed by atoms with E-state index in [4.69, 9.17) is 14.2 Å². The van der Waals surface area contributed by atoms with Crippen molar-refractivity contribution in [1.82, 2.24) is 0 Å². The van der Waals surface area contributed by atoms with Gasteiger partial charge in [0.15, 0.2) is 0 Å². The molecule has 1 saturated heterocycles.